The molecule has 0 unspecified atom stereocenters. The van der Waals surface area contributed by atoms with E-state index in [1.165, 1.54) is 70.6 Å². The number of amides is 1. The van der Waals surface area contributed by atoms with Crippen LogP contribution in [0.4, 0.5) is 0 Å². The largest absolute Gasteiger partial charge is 0.343 e. The fourth-order valence-corrected chi connectivity index (χ4v) is 3.43. The van der Waals surface area contributed by atoms with Crippen LogP contribution >= 0.6 is 0 Å². The topological polar surface area (TPSA) is 20.3 Å². The van der Waals surface area contributed by atoms with Gasteiger partial charge in [0.25, 0.3) is 0 Å². The Morgan fingerprint density at radius 2 is 1.48 bits per heavy atom. The van der Waals surface area contributed by atoms with Crippen molar-refractivity contribution in [2.24, 2.45) is 5.92 Å². The van der Waals surface area contributed by atoms with Crippen molar-refractivity contribution in [1.82, 2.24) is 4.90 Å². The summed E-state index contributed by atoms with van der Waals surface area (Å²) < 4.78 is 0. The van der Waals surface area contributed by atoms with Crippen LogP contribution in [0.1, 0.15) is 97.3 Å². The van der Waals surface area contributed by atoms with Gasteiger partial charge in [-0.3, -0.25) is 4.79 Å². The Kier molecular flexibility index (Phi) is 10.6. The van der Waals surface area contributed by atoms with E-state index in [0.29, 0.717) is 5.91 Å². The molecule has 1 fully saturated rings. The first-order valence-corrected chi connectivity index (χ1v) is 9.55. The molecule has 0 aromatic rings. The molecule has 0 bridgehead atoms. The van der Waals surface area contributed by atoms with E-state index in [4.69, 9.17) is 0 Å². The van der Waals surface area contributed by atoms with Crippen LogP contribution in [0.2, 0.25) is 0 Å². The zero-order valence-corrected chi connectivity index (χ0v) is 14.5. The van der Waals surface area contributed by atoms with E-state index in [9.17, 15) is 4.79 Å². The lowest BCUT2D eigenvalue weighted by Gasteiger charge is -2.25. The van der Waals surface area contributed by atoms with Crippen molar-refractivity contribution in [2.45, 2.75) is 97.3 Å². The first kappa shape index (κ1) is 18.5. The molecule has 1 aliphatic carbocycles. The number of hydrogen-bond donors (Lipinski definition) is 0. The number of hydrogen-bond acceptors (Lipinski definition) is 1. The molecule has 0 saturated heterocycles. The second-order valence-electron chi connectivity index (χ2n) is 6.84. The average Bonchev–Trinajstić information content (AvgIpc) is 2.52. The molecule has 0 atom stereocenters. The molecule has 2 nitrogen and oxygen atoms in total. The quantitative estimate of drug-likeness (QED) is 0.457. The van der Waals surface area contributed by atoms with E-state index < -0.39 is 0 Å². The Balaban J connectivity index is 2.29. The number of carbonyl (C=O) groups is 1. The van der Waals surface area contributed by atoms with Gasteiger partial charge in [0, 0.05) is 19.5 Å². The molecule has 0 radical (unpaired) electrons. The Bertz CT molecular complexity index is 248. The Labute approximate surface area is 132 Å². The van der Waals surface area contributed by atoms with Crippen molar-refractivity contribution >= 4 is 5.91 Å². The summed E-state index contributed by atoms with van der Waals surface area (Å²) in [6.07, 6.45) is 16.2. The second-order valence-corrected chi connectivity index (χ2v) is 6.84. The fourth-order valence-electron chi connectivity index (χ4n) is 3.43. The van der Waals surface area contributed by atoms with Crippen LogP contribution in [0.25, 0.3) is 0 Å². The third kappa shape index (κ3) is 8.48. The minimum atomic E-state index is 0.424. The predicted octanol–water partition coefficient (Wildman–Crippen LogP) is 5.56. The molecule has 0 aliphatic heterocycles. The molecular weight excluding hydrogens is 258 g/mol. The van der Waals surface area contributed by atoms with Crippen molar-refractivity contribution in [3.63, 3.8) is 0 Å². The Morgan fingerprint density at radius 1 is 0.905 bits per heavy atom. The fraction of sp³-hybridized carbons (Fsp3) is 0.947. The molecule has 0 heterocycles. The van der Waals surface area contributed by atoms with E-state index >= 15 is 0 Å². The first-order chi connectivity index (χ1) is 10.3. The summed E-state index contributed by atoms with van der Waals surface area (Å²) in [5.41, 5.74) is 0. The molecule has 2 heteroatoms. The summed E-state index contributed by atoms with van der Waals surface area (Å²) in [5, 5.41) is 0. The molecule has 1 amide bonds. The summed E-state index contributed by atoms with van der Waals surface area (Å²) >= 11 is 0. The molecular formula is C19H37NO. The van der Waals surface area contributed by atoms with Gasteiger partial charge < -0.3 is 4.90 Å². The van der Waals surface area contributed by atoms with Gasteiger partial charge in [-0.1, -0.05) is 71.6 Å². The third-order valence-electron chi connectivity index (χ3n) is 4.91. The lowest BCUT2D eigenvalue weighted by atomic mass is 9.86. The summed E-state index contributed by atoms with van der Waals surface area (Å²) in [7, 11) is 0. The maximum absolute atomic E-state index is 12.5. The smallest absolute Gasteiger partial charge is 0.222 e. The SMILES string of the molecule is CCCCCN(CCCCC)C(=O)CCC1CCCCC1. The number of carbonyl (C=O) groups excluding carboxylic acids is 1. The molecule has 21 heavy (non-hydrogen) atoms. The van der Waals surface area contributed by atoms with Gasteiger partial charge in [0.15, 0.2) is 0 Å². The highest BCUT2D eigenvalue weighted by atomic mass is 16.2. The molecule has 0 aromatic heterocycles. The normalized spacial score (nSPS) is 16.1. The summed E-state index contributed by atoms with van der Waals surface area (Å²) in [5.74, 6) is 1.25. The zero-order chi connectivity index (χ0) is 15.3. The van der Waals surface area contributed by atoms with E-state index in [1.54, 1.807) is 0 Å². The molecule has 1 aliphatic rings. The summed E-state index contributed by atoms with van der Waals surface area (Å²) in [6, 6.07) is 0. The van der Waals surface area contributed by atoms with Gasteiger partial charge in [0.05, 0.1) is 0 Å². The highest BCUT2D eigenvalue weighted by Crippen LogP contribution is 2.27. The van der Waals surface area contributed by atoms with Gasteiger partial charge in [-0.05, 0) is 25.2 Å². The number of rotatable bonds is 11. The van der Waals surface area contributed by atoms with Gasteiger partial charge in [0.2, 0.25) is 5.91 Å². The second kappa shape index (κ2) is 12.1. The van der Waals surface area contributed by atoms with Gasteiger partial charge in [-0.15, -0.1) is 0 Å². The van der Waals surface area contributed by atoms with Crippen molar-refractivity contribution in [2.75, 3.05) is 13.1 Å². The highest BCUT2D eigenvalue weighted by Gasteiger charge is 2.17. The minimum absolute atomic E-state index is 0.424. The Hall–Kier alpha value is -0.530. The van der Waals surface area contributed by atoms with Crippen LogP contribution in [-0.2, 0) is 4.79 Å². The third-order valence-corrected chi connectivity index (χ3v) is 4.91. The van der Waals surface area contributed by atoms with Gasteiger partial charge in [-0.2, -0.15) is 0 Å². The monoisotopic (exact) mass is 295 g/mol. The van der Waals surface area contributed by atoms with Gasteiger partial charge >= 0.3 is 0 Å². The number of nitrogens with zero attached hydrogens (tertiary/aromatic N) is 1. The maximum Gasteiger partial charge on any atom is 0.222 e. The zero-order valence-electron chi connectivity index (χ0n) is 14.5. The molecule has 1 saturated carbocycles. The maximum atomic E-state index is 12.5. The summed E-state index contributed by atoms with van der Waals surface area (Å²) in [4.78, 5) is 14.7. The number of unbranched alkanes of at least 4 members (excludes halogenated alkanes) is 4. The van der Waals surface area contributed by atoms with Crippen LogP contribution < -0.4 is 0 Å². The van der Waals surface area contributed by atoms with Crippen LogP contribution in [0.5, 0.6) is 0 Å². The van der Waals surface area contributed by atoms with E-state index in [1.807, 2.05) is 0 Å². The minimum Gasteiger partial charge on any atom is -0.343 e. The van der Waals surface area contributed by atoms with Gasteiger partial charge in [-0.25, -0.2) is 0 Å². The van der Waals surface area contributed by atoms with Crippen LogP contribution in [0.15, 0.2) is 0 Å². The molecule has 0 N–H and O–H groups in total. The summed E-state index contributed by atoms with van der Waals surface area (Å²) in [6.45, 7) is 6.43. The molecule has 1 rings (SSSR count). The van der Waals surface area contributed by atoms with E-state index in [-0.39, 0.29) is 0 Å². The predicted molar refractivity (Wildman–Crippen MR) is 91.4 cm³/mol. The van der Waals surface area contributed by atoms with E-state index in [2.05, 4.69) is 18.7 Å². The first-order valence-electron chi connectivity index (χ1n) is 9.55. The average molecular weight is 296 g/mol. The standard InChI is InChI=1S/C19H37NO/c1-3-5-10-16-20(17-11-6-4-2)19(21)15-14-18-12-8-7-9-13-18/h18H,3-17H2,1-2H3. The molecule has 124 valence electrons. The molecule has 0 aromatic carbocycles. The van der Waals surface area contributed by atoms with Crippen LogP contribution in [0, 0.1) is 5.92 Å². The van der Waals surface area contributed by atoms with Crippen molar-refractivity contribution < 1.29 is 4.79 Å². The lowest BCUT2D eigenvalue weighted by Crippen LogP contribution is -2.33. The van der Waals surface area contributed by atoms with Crippen LogP contribution in [-0.4, -0.2) is 23.9 Å². The lowest BCUT2D eigenvalue weighted by molar-refractivity contribution is -0.131. The van der Waals surface area contributed by atoms with Crippen molar-refractivity contribution in [3.05, 3.63) is 0 Å². The van der Waals surface area contributed by atoms with Crippen molar-refractivity contribution in [1.29, 1.82) is 0 Å². The Morgan fingerprint density at radius 3 is 2.00 bits per heavy atom. The van der Waals surface area contributed by atoms with E-state index in [0.717, 1.165) is 31.8 Å². The van der Waals surface area contributed by atoms with Crippen LogP contribution in [0.3, 0.4) is 0 Å². The highest BCUT2D eigenvalue weighted by molar-refractivity contribution is 5.76. The van der Waals surface area contributed by atoms with Crippen molar-refractivity contribution in [3.8, 4) is 0 Å². The van der Waals surface area contributed by atoms with Gasteiger partial charge in [0.1, 0.15) is 0 Å². The molecule has 0 spiro atoms.